The smallest absolute Gasteiger partial charge is 0.377 e. The van der Waals surface area contributed by atoms with Gasteiger partial charge >= 0.3 is 6.18 Å². The van der Waals surface area contributed by atoms with E-state index in [1.54, 1.807) is 23.9 Å². The van der Waals surface area contributed by atoms with Crippen LogP contribution in [0, 0.1) is 12.8 Å². The van der Waals surface area contributed by atoms with Crippen LogP contribution in [-0.4, -0.2) is 0 Å². The van der Waals surface area contributed by atoms with E-state index in [9.17, 15) is 13.2 Å². The first-order valence-corrected chi connectivity index (χ1v) is 11.8. The fraction of sp³-hybridized carbons (Fsp3) is 0.259. The molecular formula is C27H24F3NS. The molecule has 0 aromatic heterocycles. The Morgan fingerprint density at radius 1 is 0.969 bits per heavy atom. The number of fused-ring (bicyclic) bond motifs is 3. The topological polar surface area (TPSA) is 12.0 Å². The largest absolute Gasteiger partial charge is 0.416 e. The molecular weight excluding hydrogens is 427 g/mol. The first-order valence-electron chi connectivity index (χ1n) is 10.8. The summed E-state index contributed by atoms with van der Waals surface area (Å²) in [5, 5.41) is 3.52. The number of benzene rings is 3. The van der Waals surface area contributed by atoms with Gasteiger partial charge in [0.2, 0.25) is 0 Å². The zero-order valence-electron chi connectivity index (χ0n) is 17.7. The Morgan fingerprint density at radius 2 is 1.72 bits per heavy atom. The molecule has 5 rings (SSSR count). The van der Waals surface area contributed by atoms with Crippen LogP contribution in [0.2, 0.25) is 0 Å². The highest BCUT2D eigenvalue weighted by Crippen LogP contribution is 2.52. The minimum absolute atomic E-state index is 0.0717. The van der Waals surface area contributed by atoms with Crippen molar-refractivity contribution in [2.45, 2.75) is 42.1 Å². The summed E-state index contributed by atoms with van der Waals surface area (Å²) in [6.07, 6.45) is 0.709. The second kappa shape index (κ2) is 8.36. The summed E-state index contributed by atoms with van der Waals surface area (Å²) in [6.45, 7) is 2.05. The maximum Gasteiger partial charge on any atom is 0.416 e. The number of hydrogen-bond acceptors (Lipinski definition) is 2. The SMILES string of the molecule is Cc1cc(CSc2ccccc2)cc2c1N[C@H](c1ccccc1C(F)(F)F)[C@@H]1CC=C[C@H]21. The summed E-state index contributed by atoms with van der Waals surface area (Å²) >= 11 is 1.80. The Hall–Kier alpha value is -2.66. The molecule has 0 radical (unpaired) electrons. The van der Waals surface area contributed by atoms with Gasteiger partial charge in [-0.1, -0.05) is 60.7 Å². The monoisotopic (exact) mass is 451 g/mol. The number of alkyl halides is 3. The average Bonchev–Trinajstić information content (AvgIpc) is 3.28. The van der Waals surface area contributed by atoms with Crippen LogP contribution < -0.4 is 5.32 Å². The molecule has 3 atom stereocenters. The van der Waals surface area contributed by atoms with Crippen molar-refractivity contribution in [3.63, 3.8) is 0 Å². The summed E-state index contributed by atoms with van der Waals surface area (Å²) in [6, 6.07) is 20.3. The van der Waals surface area contributed by atoms with Gasteiger partial charge in [0.1, 0.15) is 0 Å². The van der Waals surface area contributed by atoms with Crippen LogP contribution in [-0.2, 0) is 11.9 Å². The number of halogens is 3. The molecule has 0 amide bonds. The van der Waals surface area contributed by atoms with Gasteiger partial charge in [0.15, 0.2) is 0 Å². The van der Waals surface area contributed by atoms with E-state index in [2.05, 4.69) is 41.7 Å². The number of allylic oxidation sites excluding steroid dienone is 2. The highest BCUT2D eigenvalue weighted by Gasteiger charge is 2.42. The van der Waals surface area contributed by atoms with Crippen LogP contribution in [0.15, 0.2) is 83.8 Å². The van der Waals surface area contributed by atoms with Crippen molar-refractivity contribution >= 4 is 17.4 Å². The molecule has 0 saturated heterocycles. The van der Waals surface area contributed by atoms with E-state index in [4.69, 9.17) is 0 Å². The normalized spacial score (nSPS) is 21.7. The third kappa shape index (κ3) is 3.95. The Kier molecular flexibility index (Phi) is 5.54. The first kappa shape index (κ1) is 21.2. The number of hydrogen-bond donors (Lipinski definition) is 1. The summed E-state index contributed by atoms with van der Waals surface area (Å²) in [5.41, 5.74) is 4.30. The van der Waals surface area contributed by atoms with Crippen LogP contribution in [0.25, 0.3) is 0 Å². The van der Waals surface area contributed by atoms with Gasteiger partial charge in [0, 0.05) is 22.3 Å². The predicted molar refractivity (Wildman–Crippen MR) is 125 cm³/mol. The van der Waals surface area contributed by atoms with Gasteiger partial charge in [-0.05, 0) is 59.7 Å². The van der Waals surface area contributed by atoms with E-state index in [1.165, 1.54) is 28.2 Å². The van der Waals surface area contributed by atoms with Gasteiger partial charge in [0.25, 0.3) is 0 Å². The van der Waals surface area contributed by atoms with Gasteiger partial charge in [-0.2, -0.15) is 13.2 Å². The van der Waals surface area contributed by atoms with E-state index >= 15 is 0 Å². The van der Waals surface area contributed by atoms with Crippen molar-refractivity contribution < 1.29 is 13.2 Å². The molecule has 3 aromatic rings. The van der Waals surface area contributed by atoms with Crippen LogP contribution in [0.4, 0.5) is 18.9 Å². The van der Waals surface area contributed by atoms with Crippen LogP contribution in [0.5, 0.6) is 0 Å². The van der Waals surface area contributed by atoms with Crippen molar-refractivity contribution in [2.24, 2.45) is 5.92 Å². The number of nitrogens with one attached hydrogen (secondary N) is 1. The van der Waals surface area contributed by atoms with Gasteiger partial charge in [0.05, 0.1) is 11.6 Å². The first-order chi connectivity index (χ1) is 15.4. The zero-order valence-corrected chi connectivity index (χ0v) is 18.5. The number of anilines is 1. The lowest BCUT2D eigenvalue weighted by molar-refractivity contribution is -0.138. The molecule has 1 heterocycles. The summed E-state index contributed by atoms with van der Waals surface area (Å²) in [4.78, 5) is 1.23. The van der Waals surface area contributed by atoms with Gasteiger partial charge in [-0.15, -0.1) is 11.8 Å². The van der Waals surface area contributed by atoms with Gasteiger partial charge in [-0.25, -0.2) is 0 Å². The molecule has 1 aliphatic carbocycles. The highest BCUT2D eigenvalue weighted by atomic mass is 32.2. The van der Waals surface area contributed by atoms with E-state index in [1.807, 2.05) is 25.1 Å². The molecule has 0 unspecified atom stereocenters. The molecule has 0 bridgehead atoms. The molecule has 2 aliphatic rings. The number of aryl methyl sites for hydroxylation is 1. The van der Waals surface area contributed by atoms with Crippen molar-refractivity contribution in [1.82, 2.24) is 0 Å². The lowest BCUT2D eigenvalue weighted by Crippen LogP contribution is -2.31. The summed E-state index contributed by atoms with van der Waals surface area (Å²) < 4.78 is 41.3. The summed E-state index contributed by atoms with van der Waals surface area (Å²) in [7, 11) is 0. The lowest BCUT2D eigenvalue weighted by Gasteiger charge is -2.39. The maximum atomic E-state index is 13.8. The molecule has 0 spiro atoms. The Bertz CT molecular complexity index is 1150. The van der Waals surface area contributed by atoms with E-state index in [0.29, 0.717) is 5.56 Å². The quantitative estimate of drug-likeness (QED) is 0.317. The highest BCUT2D eigenvalue weighted by molar-refractivity contribution is 7.98. The van der Waals surface area contributed by atoms with E-state index < -0.39 is 11.7 Å². The third-order valence-corrected chi connectivity index (χ3v) is 7.56. The zero-order chi connectivity index (χ0) is 22.3. The predicted octanol–water partition coefficient (Wildman–Crippen LogP) is 8.13. The molecule has 164 valence electrons. The molecule has 1 aliphatic heterocycles. The number of rotatable bonds is 4. The Labute approximate surface area is 190 Å². The van der Waals surface area contributed by atoms with Crippen molar-refractivity contribution in [1.29, 1.82) is 0 Å². The van der Waals surface area contributed by atoms with Crippen molar-refractivity contribution in [2.75, 3.05) is 5.32 Å². The molecule has 32 heavy (non-hydrogen) atoms. The Balaban J connectivity index is 1.50. The molecule has 0 fully saturated rings. The van der Waals surface area contributed by atoms with Crippen LogP contribution in [0.3, 0.4) is 0 Å². The van der Waals surface area contributed by atoms with Crippen molar-refractivity contribution in [3.05, 3.63) is 107 Å². The number of thioether (sulfide) groups is 1. The Morgan fingerprint density at radius 3 is 2.50 bits per heavy atom. The standard InChI is InChI=1S/C27H24F3NS/c1-17-14-18(16-32-19-8-3-2-4-9-19)15-23-20-11-7-12-21(20)26(31-25(17)23)22-10-5-6-13-24(22)27(28,29)30/h2-11,13-15,20-21,26,31H,12,16H2,1H3/t20-,21+,26-/m0/s1. The van der Waals surface area contributed by atoms with Crippen LogP contribution >= 0.6 is 11.8 Å². The van der Waals surface area contributed by atoms with Gasteiger partial charge < -0.3 is 5.32 Å². The van der Waals surface area contributed by atoms with E-state index in [0.717, 1.165) is 23.4 Å². The molecule has 1 nitrogen and oxygen atoms in total. The third-order valence-electron chi connectivity index (χ3n) is 6.48. The minimum Gasteiger partial charge on any atom is -0.377 e. The lowest BCUT2D eigenvalue weighted by atomic mass is 9.75. The molecule has 3 aromatic carbocycles. The molecule has 0 saturated carbocycles. The van der Waals surface area contributed by atoms with Crippen LogP contribution in [0.1, 0.15) is 46.2 Å². The second-order valence-electron chi connectivity index (χ2n) is 8.54. The fourth-order valence-electron chi connectivity index (χ4n) is 5.06. The van der Waals surface area contributed by atoms with Gasteiger partial charge in [-0.3, -0.25) is 0 Å². The van der Waals surface area contributed by atoms with E-state index in [-0.39, 0.29) is 17.9 Å². The maximum absolute atomic E-state index is 13.8. The minimum atomic E-state index is -4.37. The average molecular weight is 452 g/mol. The van der Waals surface area contributed by atoms with Crippen molar-refractivity contribution in [3.8, 4) is 0 Å². The second-order valence-corrected chi connectivity index (χ2v) is 9.59. The fourth-order valence-corrected chi connectivity index (χ4v) is 5.91. The summed E-state index contributed by atoms with van der Waals surface area (Å²) in [5.74, 6) is 1.06. The molecule has 5 heteroatoms. The molecule has 1 N–H and O–H groups in total.